The molecule has 6 aliphatic rings. The van der Waals surface area contributed by atoms with Gasteiger partial charge in [-0.05, 0) is 52.0 Å². The summed E-state index contributed by atoms with van der Waals surface area (Å²) in [5.41, 5.74) is 1.77. The van der Waals surface area contributed by atoms with Gasteiger partial charge in [0, 0.05) is 22.6 Å². The molecule has 0 aliphatic carbocycles. The molecule has 6 aliphatic heterocycles. The van der Waals surface area contributed by atoms with E-state index in [1.807, 2.05) is 0 Å². The molecule has 44 heavy (non-hydrogen) atoms. The van der Waals surface area contributed by atoms with E-state index in [2.05, 4.69) is 48.1 Å². The first kappa shape index (κ1) is 28.1. The predicted octanol–water partition coefficient (Wildman–Crippen LogP) is 2.60. The van der Waals surface area contributed by atoms with Crippen molar-refractivity contribution in [3.05, 3.63) is 70.8 Å². The number of urea groups is 1. The monoisotopic (exact) mass is 632 g/mol. The fraction of sp³-hybridized carbons (Fsp3) is 0.452. The third-order valence-electron chi connectivity index (χ3n) is 9.79. The fourth-order valence-electron chi connectivity index (χ4n) is 7.57. The SMILES string of the molecule is CC1(C)S[C@H]2[C@@H](N3C(=O)c4ccccc4C3=O)CN2[C@@H]1NC(=O)N[C@H]1N2C[C@H](N3C(=O)c4ccccc4C3=O)[C@@H]2SC1(C)C. The van der Waals surface area contributed by atoms with Crippen LogP contribution in [-0.2, 0) is 0 Å². The summed E-state index contributed by atoms with van der Waals surface area (Å²) in [4.78, 5) is 73.1. The van der Waals surface area contributed by atoms with Crippen LogP contribution in [-0.4, -0.2) is 107 Å². The topological polar surface area (TPSA) is 122 Å². The molecule has 0 unspecified atom stereocenters. The van der Waals surface area contributed by atoms with Gasteiger partial charge in [0.05, 0.1) is 57.4 Å². The van der Waals surface area contributed by atoms with Crippen molar-refractivity contribution < 1.29 is 24.0 Å². The molecule has 0 spiro atoms. The van der Waals surface area contributed by atoms with Gasteiger partial charge in [0.25, 0.3) is 23.6 Å². The molecule has 0 bridgehead atoms. The van der Waals surface area contributed by atoms with E-state index in [1.165, 1.54) is 9.80 Å². The first-order valence-corrected chi connectivity index (χ1v) is 16.5. The lowest BCUT2D eigenvalue weighted by atomic mass is 10.0. The summed E-state index contributed by atoms with van der Waals surface area (Å²) in [5.74, 6) is -1.03. The Balaban J connectivity index is 0.930. The van der Waals surface area contributed by atoms with E-state index in [0.717, 1.165) is 0 Å². The molecule has 0 aromatic heterocycles. The molecule has 2 aromatic rings. The molecule has 6 atom stereocenters. The van der Waals surface area contributed by atoms with Crippen molar-refractivity contribution in [1.29, 1.82) is 0 Å². The summed E-state index contributed by atoms with van der Waals surface area (Å²) in [5, 5.41) is 6.13. The van der Waals surface area contributed by atoms with E-state index >= 15 is 0 Å². The number of carbonyl (C=O) groups excluding carboxylic acids is 5. The number of thioether (sulfide) groups is 2. The molecular weight excluding hydrogens is 601 g/mol. The molecule has 2 aromatic carbocycles. The Morgan fingerprint density at radius 2 is 0.955 bits per heavy atom. The molecule has 4 fully saturated rings. The van der Waals surface area contributed by atoms with Gasteiger partial charge >= 0.3 is 6.03 Å². The van der Waals surface area contributed by atoms with Crippen molar-refractivity contribution in [3.8, 4) is 0 Å². The normalized spacial score (nSPS) is 33.0. The van der Waals surface area contributed by atoms with E-state index in [1.54, 1.807) is 72.1 Å². The van der Waals surface area contributed by atoms with E-state index in [4.69, 9.17) is 0 Å². The first-order chi connectivity index (χ1) is 20.9. The van der Waals surface area contributed by atoms with Crippen LogP contribution >= 0.6 is 23.5 Å². The van der Waals surface area contributed by atoms with Crippen molar-refractivity contribution in [1.82, 2.24) is 30.2 Å². The summed E-state index contributed by atoms with van der Waals surface area (Å²) < 4.78 is -0.740. The van der Waals surface area contributed by atoms with Crippen LogP contribution in [0.15, 0.2) is 48.5 Å². The van der Waals surface area contributed by atoms with Gasteiger partial charge < -0.3 is 10.6 Å². The smallest absolute Gasteiger partial charge is 0.317 e. The highest BCUT2D eigenvalue weighted by atomic mass is 32.2. The Bertz CT molecular complexity index is 1490. The molecule has 8 rings (SSSR count). The van der Waals surface area contributed by atoms with Crippen LogP contribution in [0.4, 0.5) is 4.79 Å². The number of nitrogens with zero attached hydrogens (tertiary/aromatic N) is 4. The standard InChI is InChI=1S/C31H32N6O5S2/c1-30(2)27(34-13-19(25(34)43-30)36-21(38)15-9-5-6-10-16(15)22(36)39)32-29(42)33-28-31(3,4)44-26-20(14-35(26)28)37-23(40)17-11-7-8-12-18(17)24(37)41/h5-12,19-20,25-28H,13-14H2,1-4H3,(H2,32,33,42)/t19-,20-,25-,26-,27-,28-/m0/s1. The molecule has 13 heteroatoms. The Labute approximate surface area is 263 Å². The van der Waals surface area contributed by atoms with Crippen LogP contribution < -0.4 is 10.6 Å². The van der Waals surface area contributed by atoms with Crippen LogP contribution in [0.3, 0.4) is 0 Å². The lowest BCUT2D eigenvalue weighted by Gasteiger charge is -2.49. The van der Waals surface area contributed by atoms with Gasteiger partial charge in [-0.3, -0.25) is 38.8 Å². The van der Waals surface area contributed by atoms with Crippen molar-refractivity contribution in [2.24, 2.45) is 0 Å². The van der Waals surface area contributed by atoms with Gasteiger partial charge in [-0.1, -0.05) is 24.3 Å². The quantitative estimate of drug-likeness (QED) is 0.490. The van der Waals surface area contributed by atoms with Gasteiger partial charge in [0.2, 0.25) is 0 Å². The number of hydrogen-bond donors (Lipinski definition) is 2. The second-order valence-corrected chi connectivity index (χ2v) is 16.8. The van der Waals surface area contributed by atoms with Crippen LogP contribution in [0, 0.1) is 0 Å². The molecule has 0 saturated carbocycles. The van der Waals surface area contributed by atoms with Crippen molar-refractivity contribution in [3.63, 3.8) is 0 Å². The molecule has 6 heterocycles. The highest BCUT2D eigenvalue weighted by molar-refractivity contribution is 8.01. The van der Waals surface area contributed by atoms with E-state index in [9.17, 15) is 24.0 Å². The van der Waals surface area contributed by atoms with Crippen LogP contribution in [0.2, 0.25) is 0 Å². The summed E-state index contributed by atoms with van der Waals surface area (Å²) in [6.07, 6.45) is -0.612. The maximum atomic E-state index is 13.5. The highest BCUT2D eigenvalue weighted by Crippen LogP contribution is 2.53. The Kier molecular flexibility index (Phi) is 5.95. The lowest BCUT2D eigenvalue weighted by Crippen LogP contribution is -2.71. The zero-order valence-electron chi connectivity index (χ0n) is 24.6. The van der Waals surface area contributed by atoms with E-state index in [-0.39, 0.29) is 74.3 Å². The summed E-state index contributed by atoms with van der Waals surface area (Å²) in [6.45, 7) is 9.22. The van der Waals surface area contributed by atoms with Gasteiger partial charge in [-0.25, -0.2) is 4.79 Å². The second kappa shape index (κ2) is 9.32. The zero-order valence-corrected chi connectivity index (χ0v) is 26.3. The van der Waals surface area contributed by atoms with Crippen LogP contribution in [0.5, 0.6) is 0 Å². The minimum Gasteiger partial charge on any atom is -0.321 e. The first-order valence-electron chi connectivity index (χ1n) is 14.8. The molecule has 0 radical (unpaired) electrons. The Hall–Kier alpha value is -3.39. The van der Waals surface area contributed by atoms with Gasteiger partial charge in [0.1, 0.15) is 0 Å². The van der Waals surface area contributed by atoms with Crippen molar-refractivity contribution in [2.45, 2.75) is 72.4 Å². The second-order valence-electron chi connectivity index (χ2n) is 13.2. The Morgan fingerprint density at radius 1 is 0.636 bits per heavy atom. The molecule has 6 amide bonds. The summed E-state index contributed by atoms with van der Waals surface area (Å²) in [7, 11) is 0. The highest BCUT2D eigenvalue weighted by Gasteiger charge is 2.63. The average Bonchev–Trinajstić information content (AvgIpc) is 3.52. The molecule has 2 N–H and O–H groups in total. The Morgan fingerprint density at radius 3 is 1.27 bits per heavy atom. The number of imide groups is 2. The number of amides is 6. The average molecular weight is 633 g/mol. The van der Waals surface area contributed by atoms with Gasteiger partial charge in [-0.15, -0.1) is 23.5 Å². The van der Waals surface area contributed by atoms with E-state index < -0.39 is 0 Å². The third kappa shape index (κ3) is 3.75. The largest absolute Gasteiger partial charge is 0.321 e. The molecule has 228 valence electrons. The summed E-state index contributed by atoms with van der Waals surface area (Å²) in [6, 6.07) is 13.0. The summed E-state index contributed by atoms with van der Waals surface area (Å²) >= 11 is 3.33. The minimum atomic E-state index is -0.370. The number of rotatable bonds is 4. The van der Waals surface area contributed by atoms with Crippen LogP contribution in [0.1, 0.15) is 69.1 Å². The minimum absolute atomic E-state index is 0.115. The number of fused-ring (bicyclic) bond motifs is 4. The number of nitrogens with one attached hydrogen (secondary N) is 2. The zero-order chi connectivity index (χ0) is 30.9. The predicted molar refractivity (Wildman–Crippen MR) is 165 cm³/mol. The molecular formula is C31H32N6O5S2. The maximum absolute atomic E-state index is 13.5. The molecule has 11 nitrogen and oxygen atoms in total. The van der Waals surface area contributed by atoms with Gasteiger partial charge in [-0.2, -0.15) is 0 Å². The number of hydrogen-bond acceptors (Lipinski definition) is 9. The molecule has 4 saturated heterocycles. The van der Waals surface area contributed by atoms with E-state index in [0.29, 0.717) is 35.3 Å². The van der Waals surface area contributed by atoms with Crippen LogP contribution in [0.25, 0.3) is 0 Å². The van der Waals surface area contributed by atoms with Crippen molar-refractivity contribution >= 4 is 53.2 Å². The fourth-order valence-corrected chi connectivity index (χ4v) is 10.9. The lowest BCUT2D eigenvalue weighted by molar-refractivity contribution is -0.00638. The number of benzene rings is 2. The van der Waals surface area contributed by atoms with Gasteiger partial charge in [0.15, 0.2) is 0 Å². The third-order valence-corrected chi connectivity index (χ3v) is 13.1. The number of carbonyl (C=O) groups is 5. The maximum Gasteiger partial charge on any atom is 0.317 e. The van der Waals surface area contributed by atoms with Crippen molar-refractivity contribution in [2.75, 3.05) is 13.1 Å².